The quantitative estimate of drug-likeness (QED) is 0.867. The fraction of sp³-hybridized carbons (Fsp3) is 0.500. The van der Waals surface area contributed by atoms with E-state index in [2.05, 4.69) is 20.1 Å². The van der Waals surface area contributed by atoms with Gasteiger partial charge in [0, 0.05) is 37.6 Å². The van der Waals surface area contributed by atoms with E-state index in [9.17, 15) is 9.90 Å². The largest absolute Gasteiger partial charge is 0.386 e. The molecule has 3 heterocycles. The van der Waals surface area contributed by atoms with Crippen LogP contribution in [0, 0.1) is 0 Å². The molecule has 0 saturated carbocycles. The van der Waals surface area contributed by atoms with Crippen LogP contribution >= 0.6 is 0 Å². The lowest BCUT2D eigenvalue weighted by molar-refractivity contribution is 0.0261. The number of aliphatic hydroxyl groups is 1. The number of likely N-dealkylation sites (N-methyl/N-ethyl adjacent to an activating group) is 1. The molecule has 1 atom stereocenters. The third-order valence-corrected chi connectivity index (χ3v) is 5.19. The van der Waals surface area contributed by atoms with Crippen molar-refractivity contribution in [2.45, 2.75) is 31.3 Å². The van der Waals surface area contributed by atoms with Crippen LogP contribution in [0.1, 0.15) is 34.6 Å². The van der Waals surface area contributed by atoms with Crippen molar-refractivity contribution in [2.75, 3.05) is 31.6 Å². The number of β-amino-alcohol motifs (C(OH)–C–C–N with tert-alkyl or cyclic N) is 1. The van der Waals surface area contributed by atoms with Crippen LogP contribution in [0.4, 0.5) is 5.82 Å². The first-order valence-electron chi connectivity index (χ1n) is 8.76. The topological polar surface area (TPSA) is 85.3 Å². The van der Waals surface area contributed by atoms with E-state index in [-0.39, 0.29) is 12.5 Å². The Balaban J connectivity index is 1.43. The molecule has 2 aromatic rings. The van der Waals surface area contributed by atoms with E-state index in [1.807, 2.05) is 18.2 Å². The Bertz CT molecular complexity index is 775. The number of nitrogens with one attached hydrogen (secondary N) is 1. The second-order valence-electron chi connectivity index (χ2n) is 7.13. The number of pyridine rings is 1. The second-order valence-corrected chi connectivity index (χ2v) is 7.13. The van der Waals surface area contributed by atoms with Crippen molar-refractivity contribution in [3.63, 3.8) is 0 Å². The number of hydrogen-bond donors (Lipinski definition) is 2. The van der Waals surface area contributed by atoms with Gasteiger partial charge in [-0.2, -0.15) is 5.10 Å². The van der Waals surface area contributed by atoms with Gasteiger partial charge in [0.2, 0.25) is 0 Å². The zero-order valence-corrected chi connectivity index (χ0v) is 14.4. The van der Waals surface area contributed by atoms with Gasteiger partial charge in [0.15, 0.2) is 5.69 Å². The average molecular weight is 341 g/mol. The van der Waals surface area contributed by atoms with Crippen molar-refractivity contribution in [1.29, 1.82) is 0 Å². The number of fused-ring (bicyclic) bond motifs is 1. The van der Waals surface area contributed by atoms with E-state index in [0.29, 0.717) is 18.7 Å². The summed E-state index contributed by atoms with van der Waals surface area (Å²) in [5.41, 5.74) is 1.71. The van der Waals surface area contributed by atoms with Gasteiger partial charge in [0.1, 0.15) is 11.4 Å². The van der Waals surface area contributed by atoms with Crippen molar-refractivity contribution in [2.24, 2.45) is 0 Å². The molecule has 4 rings (SSSR count). The van der Waals surface area contributed by atoms with Crippen LogP contribution in [0.2, 0.25) is 0 Å². The van der Waals surface area contributed by atoms with Crippen LogP contribution in [0.25, 0.3) is 0 Å². The zero-order chi connectivity index (χ0) is 17.4. The normalized spacial score (nSPS) is 22.2. The maximum absolute atomic E-state index is 12.8. The highest BCUT2D eigenvalue weighted by Gasteiger charge is 2.39. The van der Waals surface area contributed by atoms with Crippen LogP contribution in [-0.4, -0.2) is 63.4 Å². The number of carbonyl (C=O) groups excluding carboxylic acids is 1. The van der Waals surface area contributed by atoms with Gasteiger partial charge in [-0.3, -0.25) is 9.89 Å². The molecule has 1 aliphatic carbocycles. The molecule has 1 aliphatic heterocycles. The van der Waals surface area contributed by atoms with Gasteiger partial charge in [0.05, 0.1) is 6.54 Å². The first-order chi connectivity index (χ1) is 12.1. The molecule has 1 amide bonds. The number of amides is 1. The lowest BCUT2D eigenvalue weighted by Gasteiger charge is -2.29. The molecule has 7 nitrogen and oxygen atoms in total. The summed E-state index contributed by atoms with van der Waals surface area (Å²) in [7, 11) is 1.74. The van der Waals surface area contributed by atoms with Crippen molar-refractivity contribution < 1.29 is 9.90 Å². The lowest BCUT2D eigenvalue weighted by atomic mass is 10.0. The van der Waals surface area contributed by atoms with Crippen molar-refractivity contribution in [1.82, 2.24) is 20.1 Å². The van der Waals surface area contributed by atoms with E-state index < -0.39 is 5.60 Å². The first-order valence-corrected chi connectivity index (χ1v) is 8.76. The summed E-state index contributed by atoms with van der Waals surface area (Å²) in [5, 5.41) is 18.1. The standard InChI is InChI=1S/C18H23N5O2/c1-22(17(24)16-13-5-4-6-14(13)20-21-16)11-18(25)8-10-23(12-18)15-7-2-3-9-19-15/h2-3,7,9,25H,4-6,8,10-12H2,1H3,(H,20,21)/t18-/m0/s1. The molecule has 0 unspecified atom stereocenters. The van der Waals surface area contributed by atoms with E-state index in [0.717, 1.165) is 42.9 Å². The summed E-state index contributed by atoms with van der Waals surface area (Å²) in [4.78, 5) is 20.7. The summed E-state index contributed by atoms with van der Waals surface area (Å²) in [5.74, 6) is 0.738. The van der Waals surface area contributed by atoms with Gasteiger partial charge in [-0.05, 0) is 37.8 Å². The molecule has 1 fully saturated rings. The number of aromatic nitrogens is 3. The molecule has 0 bridgehead atoms. The van der Waals surface area contributed by atoms with Crippen LogP contribution in [0.15, 0.2) is 24.4 Å². The predicted octanol–water partition coefficient (Wildman–Crippen LogP) is 1.01. The smallest absolute Gasteiger partial charge is 0.274 e. The molecule has 2 N–H and O–H groups in total. The number of H-pyrrole nitrogens is 1. The molecule has 25 heavy (non-hydrogen) atoms. The van der Waals surface area contributed by atoms with E-state index >= 15 is 0 Å². The second kappa shape index (κ2) is 6.15. The first kappa shape index (κ1) is 16.1. The molecule has 7 heteroatoms. The van der Waals surface area contributed by atoms with Crippen molar-refractivity contribution >= 4 is 11.7 Å². The molecular formula is C18H23N5O2. The monoisotopic (exact) mass is 341 g/mol. The van der Waals surface area contributed by atoms with Gasteiger partial charge in [-0.1, -0.05) is 6.07 Å². The zero-order valence-electron chi connectivity index (χ0n) is 14.4. The minimum atomic E-state index is -0.929. The molecule has 2 aromatic heterocycles. The number of aromatic amines is 1. The Morgan fingerprint density at radius 1 is 1.44 bits per heavy atom. The molecule has 0 radical (unpaired) electrons. The summed E-state index contributed by atoms with van der Waals surface area (Å²) in [6, 6.07) is 5.75. The summed E-state index contributed by atoms with van der Waals surface area (Å²) < 4.78 is 0. The average Bonchev–Trinajstić information content (AvgIpc) is 3.30. The van der Waals surface area contributed by atoms with Crippen molar-refractivity contribution in [3.05, 3.63) is 41.3 Å². The SMILES string of the molecule is CN(C[C@@]1(O)CCN(c2ccccn2)C1)C(=O)c1n[nH]c2c1CCC2. The van der Waals surface area contributed by atoms with Crippen LogP contribution in [0.5, 0.6) is 0 Å². The highest BCUT2D eigenvalue weighted by Crippen LogP contribution is 2.27. The third-order valence-electron chi connectivity index (χ3n) is 5.19. The van der Waals surface area contributed by atoms with Gasteiger partial charge >= 0.3 is 0 Å². The maximum atomic E-state index is 12.8. The number of rotatable bonds is 4. The number of hydrogen-bond acceptors (Lipinski definition) is 5. The minimum Gasteiger partial charge on any atom is -0.386 e. The van der Waals surface area contributed by atoms with Gasteiger partial charge < -0.3 is 14.9 Å². The molecule has 0 aromatic carbocycles. The highest BCUT2D eigenvalue weighted by molar-refractivity contribution is 5.94. The number of anilines is 1. The maximum Gasteiger partial charge on any atom is 0.274 e. The van der Waals surface area contributed by atoms with Gasteiger partial charge in [-0.25, -0.2) is 4.98 Å². The number of nitrogens with zero attached hydrogens (tertiary/aromatic N) is 4. The van der Waals surface area contributed by atoms with E-state index in [1.54, 1.807) is 18.1 Å². The van der Waals surface area contributed by atoms with Crippen molar-refractivity contribution in [3.8, 4) is 0 Å². The Morgan fingerprint density at radius 3 is 3.12 bits per heavy atom. The molecule has 132 valence electrons. The number of aryl methyl sites for hydroxylation is 1. The molecule has 2 aliphatic rings. The summed E-state index contributed by atoms with van der Waals surface area (Å²) >= 11 is 0. The predicted molar refractivity (Wildman–Crippen MR) is 93.6 cm³/mol. The van der Waals surface area contributed by atoms with Crippen LogP contribution < -0.4 is 4.90 Å². The number of carbonyl (C=O) groups is 1. The molecular weight excluding hydrogens is 318 g/mol. The Hall–Kier alpha value is -2.41. The van der Waals surface area contributed by atoms with Crippen LogP contribution in [-0.2, 0) is 12.8 Å². The fourth-order valence-electron chi connectivity index (χ4n) is 3.91. The highest BCUT2D eigenvalue weighted by atomic mass is 16.3. The van der Waals surface area contributed by atoms with Gasteiger partial charge in [-0.15, -0.1) is 0 Å². The third kappa shape index (κ3) is 3.00. The summed E-state index contributed by atoms with van der Waals surface area (Å²) in [6.07, 6.45) is 5.29. The summed E-state index contributed by atoms with van der Waals surface area (Å²) in [6.45, 7) is 1.49. The van der Waals surface area contributed by atoms with E-state index in [4.69, 9.17) is 0 Å². The Morgan fingerprint density at radius 2 is 2.32 bits per heavy atom. The Labute approximate surface area is 146 Å². The molecule has 0 spiro atoms. The Kier molecular flexibility index (Phi) is 3.95. The van der Waals surface area contributed by atoms with E-state index in [1.165, 1.54) is 0 Å². The fourth-order valence-corrected chi connectivity index (χ4v) is 3.91. The van der Waals surface area contributed by atoms with Crippen LogP contribution in [0.3, 0.4) is 0 Å². The molecule has 1 saturated heterocycles. The lowest BCUT2D eigenvalue weighted by Crippen LogP contribution is -2.46. The van der Waals surface area contributed by atoms with Gasteiger partial charge in [0.25, 0.3) is 5.91 Å². The minimum absolute atomic E-state index is 0.121.